The fourth-order valence-electron chi connectivity index (χ4n) is 3.68. The first-order valence-electron chi connectivity index (χ1n) is 10.9. The molecule has 2 N–H and O–H groups in total. The first kappa shape index (κ1) is 23.6. The minimum Gasteiger partial charge on any atom is -0.339 e. The first-order valence-corrected chi connectivity index (χ1v) is 10.9. The molecule has 182 valence electrons. The van der Waals surface area contributed by atoms with Crippen LogP contribution < -0.4 is 5.32 Å². The predicted molar refractivity (Wildman–Crippen MR) is 129 cm³/mol. The number of anilines is 1. The van der Waals surface area contributed by atoms with Crippen molar-refractivity contribution in [1.29, 1.82) is 5.26 Å². The Morgan fingerprint density at radius 2 is 1.70 bits per heavy atom. The molecule has 11 heteroatoms. The van der Waals surface area contributed by atoms with Gasteiger partial charge in [0.15, 0.2) is 0 Å². The van der Waals surface area contributed by atoms with E-state index in [4.69, 9.17) is 5.26 Å². The maximum absolute atomic E-state index is 12.8. The van der Waals surface area contributed by atoms with E-state index < -0.39 is 17.8 Å². The van der Waals surface area contributed by atoms with E-state index in [1.165, 1.54) is 6.07 Å². The van der Waals surface area contributed by atoms with E-state index in [9.17, 15) is 18.0 Å². The van der Waals surface area contributed by atoms with E-state index >= 15 is 0 Å². The summed E-state index contributed by atoms with van der Waals surface area (Å²) in [5, 5.41) is 12.2. The maximum atomic E-state index is 12.8. The molecule has 0 fully saturated rings. The first-order chi connectivity index (χ1) is 17.8. The molecule has 1 amide bonds. The third-order valence-electron chi connectivity index (χ3n) is 5.49. The van der Waals surface area contributed by atoms with Crippen molar-refractivity contribution in [2.75, 3.05) is 5.32 Å². The van der Waals surface area contributed by atoms with Crippen LogP contribution in [-0.2, 0) is 17.4 Å². The van der Waals surface area contributed by atoms with E-state index in [0.29, 0.717) is 17.0 Å². The van der Waals surface area contributed by atoms with Gasteiger partial charge in [-0.05, 0) is 42.5 Å². The molecular formula is C26H16F3N7O. The molecule has 0 bridgehead atoms. The molecule has 0 unspecified atom stereocenters. The van der Waals surface area contributed by atoms with Gasteiger partial charge in [-0.1, -0.05) is 6.07 Å². The van der Waals surface area contributed by atoms with Gasteiger partial charge in [-0.25, -0.2) is 9.97 Å². The van der Waals surface area contributed by atoms with Gasteiger partial charge in [0.25, 0.3) is 0 Å². The quantitative estimate of drug-likeness (QED) is 0.345. The number of alkyl halides is 3. The highest BCUT2D eigenvalue weighted by Crippen LogP contribution is 2.29. The second kappa shape index (κ2) is 9.50. The zero-order valence-electron chi connectivity index (χ0n) is 18.9. The number of nitrogens with zero attached hydrogens (tertiary/aromatic N) is 5. The van der Waals surface area contributed by atoms with Crippen molar-refractivity contribution in [2.45, 2.75) is 12.6 Å². The van der Waals surface area contributed by atoms with Crippen LogP contribution in [0, 0.1) is 11.3 Å². The number of pyridine rings is 4. The number of aromatic amines is 1. The standard InChI is InChI=1S/C26H16F3N7O/c27-26(28,29)23-9-20(5-6-31-23)35-24(37)10-19-3-1-15(12-32-19)18-7-17-8-22(36-25(17)34-14-18)16-2-4-21(11-30)33-13-16/h1-9,12-14H,10H2,(H,34,36)(H,31,35,37). The van der Waals surface area contributed by atoms with E-state index in [2.05, 4.69) is 30.2 Å². The molecule has 37 heavy (non-hydrogen) atoms. The highest BCUT2D eigenvalue weighted by molar-refractivity contribution is 5.92. The zero-order valence-corrected chi connectivity index (χ0v) is 18.9. The van der Waals surface area contributed by atoms with Crippen molar-refractivity contribution in [3.63, 3.8) is 0 Å². The largest absolute Gasteiger partial charge is 0.433 e. The summed E-state index contributed by atoms with van der Waals surface area (Å²) in [5.41, 5.74) is 3.64. The molecule has 8 nitrogen and oxygen atoms in total. The van der Waals surface area contributed by atoms with Crippen LogP contribution in [0.5, 0.6) is 0 Å². The summed E-state index contributed by atoms with van der Waals surface area (Å²) in [4.78, 5) is 31.7. The second-order valence-corrected chi connectivity index (χ2v) is 8.08. The zero-order chi connectivity index (χ0) is 26.0. The van der Waals surface area contributed by atoms with Gasteiger partial charge in [0.1, 0.15) is 23.1 Å². The lowest BCUT2D eigenvalue weighted by Crippen LogP contribution is -2.16. The van der Waals surface area contributed by atoms with Gasteiger partial charge in [0.2, 0.25) is 5.91 Å². The Balaban J connectivity index is 1.28. The fraction of sp³-hybridized carbons (Fsp3) is 0.0769. The topological polar surface area (TPSA) is 120 Å². The molecule has 5 aromatic rings. The van der Waals surface area contributed by atoms with Crippen molar-refractivity contribution in [3.8, 4) is 28.5 Å². The summed E-state index contributed by atoms with van der Waals surface area (Å²) in [6.07, 6.45) is 1.21. The van der Waals surface area contributed by atoms with Crippen LogP contribution in [0.25, 0.3) is 33.4 Å². The number of rotatable bonds is 5. The third kappa shape index (κ3) is 5.28. The summed E-state index contributed by atoms with van der Waals surface area (Å²) in [5.74, 6) is -0.500. The maximum Gasteiger partial charge on any atom is 0.433 e. The molecule has 0 aliphatic heterocycles. The lowest BCUT2D eigenvalue weighted by atomic mass is 10.1. The number of nitrogens with one attached hydrogen (secondary N) is 2. The van der Waals surface area contributed by atoms with Crippen LogP contribution >= 0.6 is 0 Å². The summed E-state index contributed by atoms with van der Waals surface area (Å²) >= 11 is 0. The van der Waals surface area contributed by atoms with Crippen LogP contribution in [0.1, 0.15) is 17.1 Å². The number of carbonyl (C=O) groups excluding carboxylic acids is 1. The minimum atomic E-state index is -4.60. The van der Waals surface area contributed by atoms with Gasteiger partial charge < -0.3 is 10.3 Å². The molecule has 5 aromatic heterocycles. The van der Waals surface area contributed by atoms with E-state index in [0.717, 1.165) is 40.0 Å². The molecule has 0 atom stereocenters. The second-order valence-electron chi connectivity index (χ2n) is 8.08. The van der Waals surface area contributed by atoms with Crippen LogP contribution in [0.15, 0.2) is 73.3 Å². The molecule has 5 heterocycles. The number of carbonyl (C=O) groups is 1. The van der Waals surface area contributed by atoms with Crippen molar-refractivity contribution >= 4 is 22.6 Å². The fourth-order valence-corrected chi connectivity index (χ4v) is 3.68. The number of amides is 1. The number of nitriles is 1. The highest BCUT2D eigenvalue weighted by atomic mass is 19.4. The smallest absolute Gasteiger partial charge is 0.339 e. The SMILES string of the molecule is N#Cc1ccc(-c2cc3cc(-c4ccc(CC(=O)Nc5ccnc(C(F)(F)F)c5)nc4)cnc3[nH]2)cn1. The average Bonchev–Trinajstić information content (AvgIpc) is 3.32. The molecular weight excluding hydrogens is 483 g/mol. The third-order valence-corrected chi connectivity index (χ3v) is 5.49. The Morgan fingerprint density at radius 1 is 0.919 bits per heavy atom. The van der Waals surface area contributed by atoms with Crippen molar-refractivity contribution in [2.24, 2.45) is 0 Å². The van der Waals surface area contributed by atoms with Crippen molar-refractivity contribution < 1.29 is 18.0 Å². The van der Waals surface area contributed by atoms with Crippen LogP contribution in [0.4, 0.5) is 18.9 Å². The number of hydrogen-bond acceptors (Lipinski definition) is 6. The molecule has 0 aliphatic carbocycles. The Bertz CT molecular complexity index is 1640. The van der Waals surface area contributed by atoms with Crippen molar-refractivity contribution in [3.05, 3.63) is 90.4 Å². The lowest BCUT2D eigenvalue weighted by Gasteiger charge is -2.09. The molecule has 0 aromatic carbocycles. The molecule has 0 saturated heterocycles. The number of aromatic nitrogens is 5. The summed E-state index contributed by atoms with van der Waals surface area (Å²) in [6, 6.07) is 14.9. The Hall–Kier alpha value is -5.11. The number of H-pyrrole nitrogens is 1. The normalized spacial score (nSPS) is 11.3. The summed E-state index contributed by atoms with van der Waals surface area (Å²) in [7, 11) is 0. The molecule has 0 radical (unpaired) electrons. The molecule has 0 aliphatic rings. The Labute approximate surface area is 207 Å². The lowest BCUT2D eigenvalue weighted by molar-refractivity contribution is -0.141. The van der Waals surface area contributed by atoms with Crippen LogP contribution in [0.2, 0.25) is 0 Å². The van der Waals surface area contributed by atoms with Gasteiger partial charge in [0, 0.05) is 63.9 Å². The summed E-state index contributed by atoms with van der Waals surface area (Å²) < 4.78 is 38.5. The van der Waals surface area contributed by atoms with Gasteiger partial charge >= 0.3 is 6.18 Å². The number of hydrogen-bond donors (Lipinski definition) is 2. The van der Waals surface area contributed by atoms with E-state index in [1.54, 1.807) is 42.9 Å². The van der Waals surface area contributed by atoms with E-state index in [1.807, 2.05) is 18.2 Å². The number of halogens is 3. The van der Waals surface area contributed by atoms with Gasteiger partial charge in [-0.15, -0.1) is 0 Å². The predicted octanol–water partition coefficient (Wildman–Crippen LogP) is 5.15. The molecule has 0 spiro atoms. The Morgan fingerprint density at radius 3 is 2.41 bits per heavy atom. The number of fused-ring (bicyclic) bond motifs is 1. The Kier molecular flexibility index (Phi) is 6.07. The van der Waals surface area contributed by atoms with Gasteiger partial charge in [-0.2, -0.15) is 18.4 Å². The van der Waals surface area contributed by atoms with E-state index in [-0.39, 0.29) is 12.1 Å². The minimum absolute atomic E-state index is 0.00554. The average molecular weight is 499 g/mol. The van der Waals surface area contributed by atoms with Gasteiger partial charge in [-0.3, -0.25) is 14.8 Å². The highest BCUT2D eigenvalue weighted by Gasteiger charge is 2.32. The monoisotopic (exact) mass is 499 g/mol. The molecule has 0 saturated carbocycles. The van der Waals surface area contributed by atoms with Crippen LogP contribution in [0.3, 0.4) is 0 Å². The van der Waals surface area contributed by atoms with Gasteiger partial charge in [0.05, 0.1) is 6.42 Å². The summed E-state index contributed by atoms with van der Waals surface area (Å²) in [6.45, 7) is 0. The molecule has 5 rings (SSSR count). The van der Waals surface area contributed by atoms with Crippen molar-refractivity contribution in [1.82, 2.24) is 24.9 Å². The van der Waals surface area contributed by atoms with Crippen LogP contribution in [-0.4, -0.2) is 30.8 Å².